The van der Waals surface area contributed by atoms with Crippen molar-refractivity contribution >= 4 is 22.5 Å². The maximum atomic E-state index is 12.6. The molecule has 1 unspecified atom stereocenters. The molecule has 1 heterocycles. The van der Waals surface area contributed by atoms with Crippen molar-refractivity contribution in [2.24, 2.45) is 5.73 Å². The van der Waals surface area contributed by atoms with E-state index in [-0.39, 0.29) is 16.1 Å². The zero-order valence-corrected chi connectivity index (χ0v) is 9.26. The van der Waals surface area contributed by atoms with Crippen molar-refractivity contribution in [3.05, 3.63) is 41.0 Å². The number of rotatable bonds is 1. The van der Waals surface area contributed by atoms with Gasteiger partial charge >= 0.3 is 6.18 Å². The first kappa shape index (κ1) is 12.1. The van der Waals surface area contributed by atoms with Crippen molar-refractivity contribution in [3.8, 4) is 0 Å². The second-order valence-electron chi connectivity index (χ2n) is 3.56. The molecule has 0 spiro atoms. The van der Waals surface area contributed by atoms with E-state index in [0.717, 1.165) is 0 Å². The quantitative estimate of drug-likeness (QED) is 0.853. The van der Waals surface area contributed by atoms with Gasteiger partial charge in [0.1, 0.15) is 6.04 Å². The van der Waals surface area contributed by atoms with Crippen LogP contribution in [0.3, 0.4) is 0 Å². The Hall–Kier alpha value is -1.33. The summed E-state index contributed by atoms with van der Waals surface area (Å²) in [5.74, 6) is 0. The van der Waals surface area contributed by atoms with Crippen molar-refractivity contribution in [2.75, 3.05) is 0 Å². The van der Waals surface area contributed by atoms with Gasteiger partial charge in [0.25, 0.3) is 0 Å². The topological polar surface area (TPSA) is 38.9 Å². The molecule has 0 fully saturated rings. The molecule has 2 rings (SSSR count). The Kier molecular flexibility index (Phi) is 2.97. The molecular formula is C11H8ClF3N2. The third-order valence-electron chi connectivity index (χ3n) is 2.42. The summed E-state index contributed by atoms with van der Waals surface area (Å²) in [5, 5.41) is 0.549. The first-order chi connectivity index (χ1) is 7.91. The molecule has 0 aliphatic carbocycles. The molecule has 2 nitrogen and oxygen atoms in total. The van der Waals surface area contributed by atoms with E-state index in [9.17, 15) is 13.2 Å². The zero-order valence-electron chi connectivity index (χ0n) is 8.50. The second kappa shape index (κ2) is 4.16. The first-order valence-corrected chi connectivity index (χ1v) is 5.14. The lowest BCUT2D eigenvalue weighted by Gasteiger charge is -2.18. The van der Waals surface area contributed by atoms with E-state index in [2.05, 4.69) is 4.98 Å². The number of hydrogen-bond acceptors (Lipinski definition) is 2. The summed E-state index contributed by atoms with van der Waals surface area (Å²) in [4.78, 5) is 3.91. The van der Waals surface area contributed by atoms with Crippen molar-refractivity contribution < 1.29 is 13.2 Å². The molecule has 1 aromatic heterocycles. The minimum Gasteiger partial charge on any atom is -0.316 e. The summed E-state index contributed by atoms with van der Waals surface area (Å²) in [5.41, 5.74) is 5.19. The van der Waals surface area contributed by atoms with E-state index < -0.39 is 12.2 Å². The van der Waals surface area contributed by atoms with Gasteiger partial charge in [-0.15, -0.1) is 0 Å². The SMILES string of the molecule is NC(c1c(Cl)ccc2cccnc12)C(F)(F)F. The van der Waals surface area contributed by atoms with Crippen LogP contribution in [0.1, 0.15) is 11.6 Å². The van der Waals surface area contributed by atoms with E-state index in [1.165, 1.54) is 12.3 Å². The molecule has 17 heavy (non-hydrogen) atoms. The van der Waals surface area contributed by atoms with Crippen LogP contribution in [0.4, 0.5) is 13.2 Å². The fourth-order valence-corrected chi connectivity index (χ4v) is 1.87. The molecule has 0 aliphatic rings. The Balaban J connectivity index is 2.71. The van der Waals surface area contributed by atoms with E-state index >= 15 is 0 Å². The smallest absolute Gasteiger partial charge is 0.316 e. The molecule has 0 saturated heterocycles. The highest BCUT2D eigenvalue weighted by atomic mass is 35.5. The predicted octanol–water partition coefficient (Wildman–Crippen LogP) is 3.45. The summed E-state index contributed by atoms with van der Waals surface area (Å²) >= 11 is 5.78. The van der Waals surface area contributed by atoms with Crippen LogP contribution in [-0.4, -0.2) is 11.2 Å². The van der Waals surface area contributed by atoms with E-state index in [0.29, 0.717) is 5.39 Å². The molecule has 90 valence electrons. The number of hydrogen-bond donors (Lipinski definition) is 1. The molecule has 1 atom stereocenters. The van der Waals surface area contributed by atoms with E-state index in [1.807, 2.05) is 0 Å². The molecular weight excluding hydrogens is 253 g/mol. The zero-order chi connectivity index (χ0) is 12.6. The maximum absolute atomic E-state index is 12.6. The summed E-state index contributed by atoms with van der Waals surface area (Å²) in [6.07, 6.45) is -3.14. The average molecular weight is 261 g/mol. The minimum absolute atomic E-state index is 0.0268. The van der Waals surface area contributed by atoms with Gasteiger partial charge < -0.3 is 5.73 Å². The van der Waals surface area contributed by atoms with Gasteiger partial charge in [0.15, 0.2) is 0 Å². The number of fused-ring (bicyclic) bond motifs is 1. The first-order valence-electron chi connectivity index (χ1n) is 4.76. The highest BCUT2D eigenvalue weighted by Crippen LogP contribution is 2.37. The van der Waals surface area contributed by atoms with Gasteiger partial charge in [0.2, 0.25) is 0 Å². The summed E-state index contributed by atoms with van der Waals surface area (Å²) in [6, 6.07) is 4.17. The molecule has 0 aliphatic heterocycles. The third-order valence-corrected chi connectivity index (χ3v) is 2.75. The Morgan fingerprint density at radius 3 is 2.59 bits per heavy atom. The van der Waals surface area contributed by atoms with Crippen molar-refractivity contribution in [1.82, 2.24) is 4.98 Å². The number of nitrogens with zero attached hydrogens (tertiary/aromatic N) is 1. The Bertz CT molecular complexity index is 554. The molecule has 6 heteroatoms. The fourth-order valence-electron chi connectivity index (χ4n) is 1.60. The average Bonchev–Trinajstić information content (AvgIpc) is 2.27. The summed E-state index contributed by atoms with van der Waals surface area (Å²) in [6.45, 7) is 0. The molecule has 0 bridgehead atoms. The van der Waals surface area contributed by atoms with Crippen LogP contribution >= 0.6 is 11.6 Å². The molecule has 2 N–H and O–H groups in total. The normalized spacial score (nSPS) is 13.9. The van der Waals surface area contributed by atoms with Gasteiger partial charge in [-0.1, -0.05) is 23.7 Å². The number of halogens is 4. The van der Waals surface area contributed by atoms with Crippen LogP contribution < -0.4 is 5.73 Å². The summed E-state index contributed by atoms with van der Waals surface area (Å²) < 4.78 is 37.9. The van der Waals surface area contributed by atoms with Crippen LogP contribution in [0, 0.1) is 0 Å². The number of nitrogens with two attached hydrogens (primary N) is 1. The largest absolute Gasteiger partial charge is 0.407 e. The molecule has 0 saturated carbocycles. The highest BCUT2D eigenvalue weighted by molar-refractivity contribution is 6.32. The van der Waals surface area contributed by atoms with Crippen LogP contribution in [0.2, 0.25) is 5.02 Å². The number of aromatic nitrogens is 1. The van der Waals surface area contributed by atoms with Gasteiger partial charge in [0.05, 0.1) is 5.52 Å². The van der Waals surface area contributed by atoms with Gasteiger partial charge in [-0.3, -0.25) is 4.98 Å². The van der Waals surface area contributed by atoms with Crippen LogP contribution in [0.25, 0.3) is 10.9 Å². The number of pyridine rings is 1. The minimum atomic E-state index is -4.55. The lowest BCUT2D eigenvalue weighted by molar-refractivity contribution is -0.148. The summed E-state index contributed by atoms with van der Waals surface area (Å²) in [7, 11) is 0. The van der Waals surface area contributed by atoms with Gasteiger partial charge in [0, 0.05) is 22.2 Å². The van der Waals surface area contributed by atoms with Crippen molar-refractivity contribution in [2.45, 2.75) is 12.2 Å². The van der Waals surface area contributed by atoms with Crippen LogP contribution in [0.15, 0.2) is 30.5 Å². The molecule has 1 aromatic carbocycles. The molecule has 0 amide bonds. The van der Waals surface area contributed by atoms with Gasteiger partial charge in [-0.05, 0) is 12.1 Å². The van der Waals surface area contributed by atoms with Gasteiger partial charge in [-0.25, -0.2) is 0 Å². The van der Waals surface area contributed by atoms with E-state index in [1.54, 1.807) is 18.2 Å². The lowest BCUT2D eigenvalue weighted by Crippen LogP contribution is -2.29. The molecule has 2 aromatic rings. The van der Waals surface area contributed by atoms with Crippen molar-refractivity contribution in [1.29, 1.82) is 0 Å². The Morgan fingerprint density at radius 1 is 1.24 bits per heavy atom. The van der Waals surface area contributed by atoms with Gasteiger partial charge in [-0.2, -0.15) is 13.2 Å². The van der Waals surface area contributed by atoms with Crippen molar-refractivity contribution in [3.63, 3.8) is 0 Å². The lowest BCUT2D eigenvalue weighted by atomic mass is 10.0. The predicted molar refractivity (Wildman–Crippen MR) is 59.7 cm³/mol. The Labute approximate surface area is 100 Å². The highest BCUT2D eigenvalue weighted by Gasteiger charge is 2.40. The second-order valence-corrected chi connectivity index (χ2v) is 3.96. The monoisotopic (exact) mass is 260 g/mol. The molecule has 0 radical (unpaired) electrons. The number of benzene rings is 1. The van der Waals surface area contributed by atoms with Crippen LogP contribution in [0.5, 0.6) is 0 Å². The maximum Gasteiger partial charge on any atom is 0.407 e. The van der Waals surface area contributed by atoms with E-state index in [4.69, 9.17) is 17.3 Å². The standard InChI is InChI=1S/C11H8ClF3N2/c12-7-4-3-6-2-1-5-17-9(6)8(7)10(16)11(13,14)15/h1-5,10H,16H2. The van der Waals surface area contributed by atoms with Crippen LogP contribution in [-0.2, 0) is 0 Å². The number of alkyl halides is 3. The fraction of sp³-hybridized carbons (Fsp3) is 0.182. The Morgan fingerprint density at radius 2 is 1.94 bits per heavy atom. The third kappa shape index (κ3) is 2.21.